The van der Waals surface area contributed by atoms with Gasteiger partial charge in [-0.15, -0.1) is 0 Å². The molecule has 6 nitrogen and oxygen atoms in total. The maximum Gasteiger partial charge on any atom is 0.223 e. The first kappa shape index (κ1) is 18.1. The zero-order valence-electron chi connectivity index (χ0n) is 14.6. The zero-order chi connectivity index (χ0) is 17.2. The van der Waals surface area contributed by atoms with E-state index in [2.05, 4.69) is 20.9 Å². The molecule has 132 valence electrons. The van der Waals surface area contributed by atoms with Gasteiger partial charge in [0.15, 0.2) is 5.96 Å². The molecule has 24 heavy (non-hydrogen) atoms. The van der Waals surface area contributed by atoms with Gasteiger partial charge in [-0.3, -0.25) is 4.79 Å². The molecule has 1 fully saturated rings. The van der Waals surface area contributed by atoms with Crippen LogP contribution in [0.15, 0.2) is 29.3 Å². The van der Waals surface area contributed by atoms with Crippen molar-refractivity contribution in [3.63, 3.8) is 0 Å². The summed E-state index contributed by atoms with van der Waals surface area (Å²) in [6.07, 6.45) is 2.06. The van der Waals surface area contributed by atoms with Crippen LogP contribution in [0.5, 0.6) is 5.75 Å². The van der Waals surface area contributed by atoms with Crippen molar-refractivity contribution < 1.29 is 9.53 Å². The van der Waals surface area contributed by atoms with Gasteiger partial charge in [0, 0.05) is 25.6 Å². The van der Waals surface area contributed by atoms with Gasteiger partial charge in [-0.2, -0.15) is 0 Å². The predicted octanol–water partition coefficient (Wildman–Crippen LogP) is 1.67. The number of carbonyl (C=O) groups is 1. The first-order chi connectivity index (χ1) is 11.7. The molecule has 1 aliphatic carbocycles. The Balaban J connectivity index is 1.78. The maximum absolute atomic E-state index is 11.6. The van der Waals surface area contributed by atoms with Crippen molar-refractivity contribution in [2.45, 2.75) is 33.2 Å². The van der Waals surface area contributed by atoms with Crippen LogP contribution < -0.4 is 20.7 Å². The second-order valence-electron chi connectivity index (χ2n) is 5.77. The minimum Gasteiger partial charge on any atom is -0.494 e. The number of aliphatic imine (C=N–C) groups is 1. The number of rotatable bonds is 9. The molecule has 6 heteroatoms. The molecule has 0 atom stereocenters. The minimum absolute atomic E-state index is 0.173. The van der Waals surface area contributed by atoms with Crippen LogP contribution in [0.4, 0.5) is 0 Å². The molecule has 0 radical (unpaired) electrons. The lowest BCUT2D eigenvalue weighted by Crippen LogP contribution is -2.41. The molecule has 2 rings (SSSR count). The van der Waals surface area contributed by atoms with E-state index in [1.807, 2.05) is 38.1 Å². The average Bonchev–Trinajstić information content (AvgIpc) is 3.42. The molecule has 0 aromatic heterocycles. The lowest BCUT2D eigenvalue weighted by Gasteiger charge is -2.12. The van der Waals surface area contributed by atoms with Crippen LogP contribution in [-0.4, -0.2) is 38.1 Å². The van der Waals surface area contributed by atoms with Crippen LogP contribution in [-0.2, 0) is 11.3 Å². The van der Waals surface area contributed by atoms with Crippen molar-refractivity contribution in [1.29, 1.82) is 0 Å². The van der Waals surface area contributed by atoms with Gasteiger partial charge in [0.25, 0.3) is 0 Å². The standard InChI is InChI=1S/C18H28N4O2/c1-3-19-18(21-11-10-20-17(23)15-8-9-15)22-13-14-6-5-7-16(12-14)24-4-2/h5-7,12,15H,3-4,8-11,13H2,1-2H3,(H,20,23)(H2,19,21,22). The summed E-state index contributed by atoms with van der Waals surface area (Å²) >= 11 is 0. The molecule has 3 N–H and O–H groups in total. The van der Waals surface area contributed by atoms with Gasteiger partial charge in [-0.1, -0.05) is 12.1 Å². The summed E-state index contributed by atoms with van der Waals surface area (Å²) in [6.45, 7) is 7.29. The Bertz CT molecular complexity index is 556. The molecule has 1 amide bonds. The summed E-state index contributed by atoms with van der Waals surface area (Å²) < 4.78 is 5.51. The van der Waals surface area contributed by atoms with E-state index in [0.29, 0.717) is 26.2 Å². The van der Waals surface area contributed by atoms with E-state index in [9.17, 15) is 4.79 Å². The minimum atomic E-state index is 0.173. The van der Waals surface area contributed by atoms with Gasteiger partial charge in [0.1, 0.15) is 5.75 Å². The fraction of sp³-hybridized carbons (Fsp3) is 0.556. The summed E-state index contributed by atoms with van der Waals surface area (Å²) in [6, 6.07) is 7.96. The summed E-state index contributed by atoms with van der Waals surface area (Å²) in [5.74, 6) is 2.04. The maximum atomic E-state index is 11.6. The summed E-state index contributed by atoms with van der Waals surface area (Å²) in [7, 11) is 0. The van der Waals surface area contributed by atoms with Crippen molar-refractivity contribution >= 4 is 11.9 Å². The van der Waals surface area contributed by atoms with E-state index < -0.39 is 0 Å². The molecule has 1 aliphatic rings. The third kappa shape index (κ3) is 6.48. The topological polar surface area (TPSA) is 74.8 Å². The second kappa shape index (κ2) is 9.80. The van der Waals surface area contributed by atoms with E-state index in [4.69, 9.17) is 4.74 Å². The third-order valence-electron chi connectivity index (χ3n) is 3.64. The number of benzene rings is 1. The molecule has 0 bridgehead atoms. The first-order valence-corrected chi connectivity index (χ1v) is 8.74. The van der Waals surface area contributed by atoms with Crippen molar-refractivity contribution in [2.75, 3.05) is 26.2 Å². The first-order valence-electron chi connectivity index (χ1n) is 8.74. The highest BCUT2D eigenvalue weighted by Crippen LogP contribution is 2.28. The number of carbonyl (C=O) groups excluding carboxylic acids is 1. The van der Waals surface area contributed by atoms with Crippen LogP contribution in [0, 0.1) is 5.92 Å². The lowest BCUT2D eigenvalue weighted by atomic mass is 10.2. The van der Waals surface area contributed by atoms with Crippen LogP contribution in [0.2, 0.25) is 0 Å². The molecule has 0 spiro atoms. The van der Waals surface area contributed by atoms with E-state index in [1.54, 1.807) is 0 Å². The highest BCUT2D eigenvalue weighted by atomic mass is 16.5. The molecule has 0 saturated heterocycles. The molecular formula is C18H28N4O2. The van der Waals surface area contributed by atoms with Crippen molar-refractivity contribution in [1.82, 2.24) is 16.0 Å². The molecule has 0 aliphatic heterocycles. The Morgan fingerprint density at radius 2 is 2.00 bits per heavy atom. The average molecular weight is 332 g/mol. The molecule has 1 aromatic carbocycles. The Labute approximate surface area is 144 Å². The van der Waals surface area contributed by atoms with Gasteiger partial charge in [-0.05, 0) is 44.4 Å². The zero-order valence-corrected chi connectivity index (χ0v) is 14.6. The smallest absolute Gasteiger partial charge is 0.223 e. The quantitative estimate of drug-likeness (QED) is 0.365. The lowest BCUT2D eigenvalue weighted by molar-refractivity contribution is -0.122. The van der Waals surface area contributed by atoms with E-state index in [-0.39, 0.29) is 11.8 Å². The molecule has 0 unspecified atom stereocenters. The fourth-order valence-electron chi connectivity index (χ4n) is 2.27. The largest absolute Gasteiger partial charge is 0.494 e. The molecule has 1 aromatic rings. The van der Waals surface area contributed by atoms with E-state index in [1.165, 1.54) is 0 Å². The number of nitrogens with one attached hydrogen (secondary N) is 3. The Hall–Kier alpha value is -2.24. The number of ether oxygens (including phenoxy) is 1. The van der Waals surface area contributed by atoms with Gasteiger partial charge in [0.05, 0.1) is 13.2 Å². The number of nitrogens with zero attached hydrogens (tertiary/aromatic N) is 1. The molecular weight excluding hydrogens is 304 g/mol. The number of guanidine groups is 1. The van der Waals surface area contributed by atoms with Gasteiger partial charge >= 0.3 is 0 Å². The summed E-state index contributed by atoms with van der Waals surface area (Å²) in [5.41, 5.74) is 1.10. The third-order valence-corrected chi connectivity index (χ3v) is 3.64. The van der Waals surface area contributed by atoms with E-state index >= 15 is 0 Å². The van der Waals surface area contributed by atoms with Crippen molar-refractivity contribution in [2.24, 2.45) is 10.9 Å². The van der Waals surface area contributed by atoms with Crippen LogP contribution in [0.3, 0.4) is 0 Å². The summed E-state index contributed by atoms with van der Waals surface area (Å²) in [5, 5.41) is 9.39. The van der Waals surface area contributed by atoms with Crippen LogP contribution >= 0.6 is 0 Å². The number of amides is 1. The van der Waals surface area contributed by atoms with Crippen molar-refractivity contribution in [3.05, 3.63) is 29.8 Å². The van der Waals surface area contributed by atoms with E-state index in [0.717, 1.165) is 36.7 Å². The Morgan fingerprint density at radius 3 is 2.71 bits per heavy atom. The second-order valence-corrected chi connectivity index (χ2v) is 5.77. The molecule has 1 saturated carbocycles. The summed E-state index contributed by atoms with van der Waals surface area (Å²) in [4.78, 5) is 16.2. The highest BCUT2D eigenvalue weighted by Gasteiger charge is 2.28. The predicted molar refractivity (Wildman–Crippen MR) is 96.2 cm³/mol. The Kier molecular flexibility index (Phi) is 7.39. The Morgan fingerprint density at radius 1 is 1.21 bits per heavy atom. The van der Waals surface area contributed by atoms with Crippen LogP contribution in [0.25, 0.3) is 0 Å². The number of hydrogen-bond acceptors (Lipinski definition) is 3. The SMILES string of the molecule is CCNC(=NCc1cccc(OCC)c1)NCCNC(=O)C1CC1. The van der Waals surface area contributed by atoms with Crippen LogP contribution in [0.1, 0.15) is 32.3 Å². The highest BCUT2D eigenvalue weighted by molar-refractivity contribution is 5.81. The normalized spacial score (nSPS) is 14.2. The van der Waals surface area contributed by atoms with Gasteiger partial charge in [-0.25, -0.2) is 4.99 Å². The van der Waals surface area contributed by atoms with Crippen molar-refractivity contribution in [3.8, 4) is 5.75 Å². The fourth-order valence-corrected chi connectivity index (χ4v) is 2.27. The number of hydrogen-bond donors (Lipinski definition) is 3. The van der Waals surface area contributed by atoms with Gasteiger partial charge in [0.2, 0.25) is 5.91 Å². The van der Waals surface area contributed by atoms with Gasteiger partial charge < -0.3 is 20.7 Å². The molecule has 0 heterocycles. The monoisotopic (exact) mass is 332 g/mol.